The van der Waals surface area contributed by atoms with Crippen LogP contribution in [-0.2, 0) is 4.74 Å². The third-order valence-electron chi connectivity index (χ3n) is 4.68. The lowest BCUT2D eigenvalue weighted by molar-refractivity contribution is 0.0635. The molecule has 0 N–H and O–H groups in total. The topological polar surface area (TPSA) is 12.5 Å². The molecule has 2 unspecified atom stereocenters. The molecule has 0 spiro atoms. The second kappa shape index (κ2) is 7.29. The van der Waals surface area contributed by atoms with Crippen LogP contribution in [0.2, 0.25) is 0 Å². The summed E-state index contributed by atoms with van der Waals surface area (Å²) in [5.74, 6) is 1.44. The van der Waals surface area contributed by atoms with Crippen LogP contribution in [-0.4, -0.2) is 30.8 Å². The fourth-order valence-electron chi connectivity index (χ4n) is 3.27. The number of benzene rings is 2. The van der Waals surface area contributed by atoms with Gasteiger partial charge in [0.1, 0.15) is 0 Å². The van der Waals surface area contributed by atoms with Crippen LogP contribution in [0.5, 0.6) is 0 Å². The molecule has 120 valence electrons. The van der Waals surface area contributed by atoms with Gasteiger partial charge in [-0.15, -0.1) is 9.24 Å². The van der Waals surface area contributed by atoms with Gasteiger partial charge in [0.2, 0.25) is 0 Å². The summed E-state index contributed by atoms with van der Waals surface area (Å²) in [4.78, 5) is 2.54. The standard InChI is InChI=1S/C20H24NOP/c1-15(22-2)20(23)18-13-21(14-18)19(16-9-5-3-6-10-16)17-11-7-4-8-12-17/h3-12,18-20H,1,13-14,23H2,2H3. The molecule has 0 bridgehead atoms. The van der Waals surface area contributed by atoms with Crippen LogP contribution in [0.3, 0.4) is 0 Å². The minimum absolute atomic E-state index is 0.321. The predicted octanol–water partition coefficient (Wildman–Crippen LogP) is 4.11. The quantitative estimate of drug-likeness (QED) is 0.585. The lowest BCUT2D eigenvalue weighted by Gasteiger charge is -2.47. The maximum atomic E-state index is 5.30. The monoisotopic (exact) mass is 325 g/mol. The maximum Gasteiger partial charge on any atom is 0.0956 e. The highest BCUT2D eigenvalue weighted by molar-refractivity contribution is 7.18. The highest BCUT2D eigenvalue weighted by Gasteiger charge is 2.37. The zero-order chi connectivity index (χ0) is 16.2. The Hall–Kier alpha value is -1.63. The number of likely N-dealkylation sites (tertiary alicyclic amines) is 1. The molecule has 0 aromatic heterocycles. The van der Waals surface area contributed by atoms with Crippen LogP contribution in [0.15, 0.2) is 73.0 Å². The summed E-state index contributed by atoms with van der Waals surface area (Å²) >= 11 is 0. The average Bonchev–Trinajstić information content (AvgIpc) is 2.58. The molecule has 1 heterocycles. The molecule has 1 aliphatic rings. The number of hydrogen-bond acceptors (Lipinski definition) is 2. The summed E-state index contributed by atoms with van der Waals surface area (Å²) in [5.41, 5.74) is 3.02. The van der Waals surface area contributed by atoms with Crippen LogP contribution in [0.25, 0.3) is 0 Å². The van der Waals surface area contributed by atoms with Gasteiger partial charge >= 0.3 is 0 Å². The molecule has 3 rings (SSSR count). The Bertz CT molecular complexity index is 598. The van der Waals surface area contributed by atoms with Gasteiger partial charge in [-0.2, -0.15) is 0 Å². The SMILES string of the molecule is C=C(OC)C(P)C1CN(C(c2ccccc2)c2ccccc2)C1. The van der Waals surface area contributed by atoms with E-state index in [9.17, 15) is 0 Å². The number of nitrogens with zero attached hydrogens (tertiary/aromatic N) is 1. The van der Waals surface area contributed by atoms with E-state index in [-0.39, 0.29) is 0 Å². The van der Waals surface area contributed by atoms with Crippen molar-refractivity contribution in [3.05, 3.63) is 84.1 Å². The van der Waals surface area contributed by atoms with Crippen molar-refractivity contribution in [2.75, 3.05) is 20.2 Å². The molecule has 0 aliphatic carbocycles. The van der Waals surface area contributed by atoms with Crippen molar-refractivity contribution < 1.29 is 4.74 Å². The first-order valence-corrected chi connectivity index (χ1v) is 8.69. The summed E-state index contributed by atoms with van der Waals surface area (Å²) in [6.07, 6.45) is 0. The highest BCUT2D eigenvalue weighted by atomic mass is 31.0. The lowest BCUT2D eigenvalue weighted by Crippen LogP contribution is -2.52. The molecule has 0 radical (unpaired) electrons. The van der Waals surface area contributed by atoms with Crippen LogP contribution in [0, 0.1) is 5.92 Å². The number of hydrogen-bond donors (Lipinski definition) is 0. The van der Waals surface area contributed by atoms with Crippen LogP contribution in [0.1, 0.15) is 17.2 Å². The van der Waals surface area contributed by atoms with Gasteiger partial charge in [0.15, 0.2) is 0 Å². The Kier molecular flexibility index (Phi) is 5.15. The molecule has 2 aromatic carbocycles. The predicted molar refractivity (Wildman–Crippen MR) is 99.4 cm³/mol. The van der Waals surface area contributed by atoms with Crippen molar-refractivity contribution in [3.63, 3.8) is 0 Å². The summed E-state index contributed by atoms with van der Waals surface area (Å²) < 4.78 is 5.30. The van der Waals surface area contributed by atoms with E-state index in [1.165, 1.54) is 11.1 Å². The van der Waals surface area contributed by atoms with Gasteiger partial charge in [-0.1, -0.05) is 67.2 Å². The summed E-state index contributed by atoms with van der Waals surface area (Å²) in [6, 6.07) is 21.8. The van der Waals surface area contributed by atoms with Crippen LogP contribution < -0.4 is 0 Å². The van der Waals surface area contributed by atoms with Gasteiger partial charge in [-0.05, 0) is 17.0 Å². The van der Waals surface area contributed by atoms with E-state index in [1.54, 1.807) is 7.11 Å². The summed E-state index contributed by atoms with van der Waals surface area (Å²) in [7, 11) is 4.58. The maximum absolute atomic E-state index is 5.30. The van der Waals surface area contributed by atoms with E-state index < -0.39 is 0 Å². The van der Waals surface area contributed by atoms with E-state index in [2.05, 4.69) is 81.4 Å². The van der Waals surface area contributed by atoms with E-state index >= 15 is 0 Å². The first-order valence-electron chi connectivity index (χ1n) is 8.03. The molecule has 2 nitrogen and oxygen atoms in total. The largest absolute Gasteiger partial charge is 0.501 e. The molecule has 1 saturated heterocycles. The molecule has 1 fully saturated rings. The van der Waals surface area contributed by atoms with Gasteiger partial charge < -0.3 is 4.74 Å². The zero-order valence-electron chi connectivity index (χ0n) is 13.6. The lowest BCUT2D eigenvalue weighted by atomic mass is 9.88. The molecule has 1 aliphatic heterocycles. The van der Waals surface area contributed by atoms with Crippen molar-refractivity contribution in [1.82, 2.24) is 4.90 Å². The second-order valence-corrected chi connectivity index (χ2v) is 6.85. The molecule has 0 saturated carbocycles. The van der Waals surface area contributed by atoms with E-state index in [0.717, 1.165) is 18.8 Å². The minimum atomic E-state index is 0.321. The molecule has 3 heteroatoms. The first kappa shape index (κ1) is 16.2. The first-order chi connectivity index (χ1) is 11.2. The number of methoxy groups -OCH3 is 1. The van der Waals surface area contributed by atoms with E-state index in [0.29, 0.717) is 17.6 Å². The number of rotatable bonds is 6. The van der Waals surface area contributed by atoms with E-state index in [1.807, 2.05) is 0 Å². The summed E-state index contributed by atoms with van der Waals surface area (Å²) in [6.45, 7) is 6.12. The van der Waals surface area contributed by atoms with Gasteiger partial charge in [-0.25, -0.2) is 0 Å². The summed E-state index contributed by atoms with van der Waals surface area (Å²) in [5, 5.41) is 0. The normalized spacial score (nSPS) is 16.8. The average molecular weight is 325 g/mol. The molecule has 2 aromatic rings. The Morgan fingerprint density at radius 2 is 1.52 bits per heavy atom. The smallest absolute Gasteiger partial charge is 0.0956 e. The second-order valence-electron chi connectivity index (χ2n) is 6.13. The van der Waals surface area contributed by atoms with Crippen molar-refractivity contribution in [1.29, 1.82) is 0 Å². The molecular formula is C20H24NOP. The van der Waals surface area contributed by atoms with Gasteiger partial charge in [-0.3, -0.25) is 4.90 Å². The zero-order valence-corrected chi connectivity index (χ0v) is 14.7. The Labute approximate surface area is 141 Å². The Balaban J connectivity index is 1.78. The van der Waals surface area contributed by atoms with Crippen molar-refractivity contribution >= 4 is 9.24 Å². The molecule has 2 atom stereocenters. The molecule has 23 heavy (non-hydrogen) atoms. The minimum Gasteiger partial charge on any atom is -0.501 e. The van der Waals surface area contributed by atoms with E-state index in [4.69, 9.17) is 4.74 Å². The van der Waals surface area contributed by atoms with Crippen LogP contribution in [0.4, 0.5) is 0 Å². The molecule has 0 amide bonds. The van der Waals surface area contributed by atoms with Gasteiger partial charge in [0.05, 0.1) is 18.9 Å². The number of allylic oxidation sites excluding steroid dienone is 1. The molecular weight excluding hydrogens is 301 g/mol. The Morgan fingerprint density at radius 1 is 1.04 bits per heavy atom. The van der Waals surface area contributed by atoms with Gasteiger partial charge in [0.25, 0.3) is 0 Å². The Morgan fingerprint density at radius 3 is 1.96 bits per heavy atom. The van der Waals surface area contributed by atoms with Crippen molar-refractivity contribution in [3.8, 4) is 0 Å². The van der Waals surface area contributed by atoms with Gasteiger partial charge in [0, 0.05) is 18.7 Å². The fourth-order valence-corrected chi connectivity index (χ4v) is 3.65. The number of ether oxygens (including phenoxy) is 1. The fraction of sp³-hybridized carbons (Fsp3) is 0.300. The third kappa shape index (κ3) is 3.49. The highest BCUT2D eigenvalue weighted by Crippen LogP contribution is 2.38. The third-order valence-corrected chi connectivity index (χ3v) is 5.59. The van der Waals surface area contributed by atoms with Crippen molar-refractivity contribution in [2.45, 2.75) is 11.7 Å². The van der Waals surface area contributed by atoms with Crippen LogP contribution >= 0.6 is 9.24 Å². The van der Waals surface area contributed by atoms with Crippen molar-refractivity contribution in [2.24, 2.45) is 5.92 Å².